The maximum Gasteiger partial charge on any atom is 0.224 e. The minimum Gasteiger partial charge on any atom is -0.391 e. The maximum absolute atomic E-state index is 9.63. The monoisotopic (exact) mass is 247 g/mol. The summed E-state index contributed by atoms with van der Waals surface area (Å²) in [6, 6.07) is 0. The normalized spacial score (nSPS) is 17.5. The third-order valence-electron chi connectivity index (χ3n) is 2.36. The van der Waals surface area contributed by atoms with Crippen LogP contribution in [0.3, 0.4) is 0 Å². The van der Waals surface area contributed by atoms with Crippen LogP contribution < -0.4 is 5.32 Å². The van der Waals surface area contributed by atoms with Gasteiger partial charge in [0.25, 0.3) is 0 Å². The zero-order chi connectivity index (χ0) is 10.8. The lowest BCUT2D eigenvalue weighted by atomic mass is 10.2. The van der Waals surface area contributed by atoms with Crippen LogP contribution in [0.5, 0.6) is 0 Å². The van der Waals surface area contributed by atoms with Gasteiger partial charge in [0.05, 0.1) is 12.3 Å². The van der Waals surface area contributed by atoms with Crippen molar-refractivity contribution in [2.45, 2.75) is 18.9 Å². The number of hydrogen-bond acceptors (Lipinski definition) is 4. The second kappa shape index (κ2) is 4.51. The molecule has 2 rings (SSSR count). The smallest absolute Gasteiger partial charge is 0.224 e. The molecule has 15 heavy (non-hydrogen) atoms. The van der Waals surface area contributed by atoms with E-state index in [1.54, 1.807) is 0 Å². The number of rotatable bonds is 4. The van der Waals surface area contributed by atoms with Crippen LogP contribution in [0.25, 0.3) is 0 Å². The molecule has 1 aromatic rings. The molecule has 0 amide bonds. The molecule has 4 nitrogen and oxygen atoms in total. The number of hydrogen-bond donors (Lipinski definition) is 2. The van der Waals surface area contributed by atoms with E-state index in [0.717, 1.165) is 12.8 Å². The minimum absolute atomic E-state index is 0.141. The molecule has 0 radical (unpaired) electrons. The van der Waals surface area contributed by atoms with E-state index in [0.29, 0.717) is 23.3 Å². The fraction of sp³-hybridized carbons (Fsp3) is 0.556. The molecule has 1 aliphatic rings. The van der Waals surface area contributed by atoms with Crippen molar-refractivity contribution in [1.82, 2.24) is 9.97 Å². The van der Waals surface area contributed by atoms with Gasteiger partial charge in [-0.15, -0.1) is 0 Å². The SMILES string of the molecule is OC(CNc1nc(Cl)ncc1Cl)C1CC1. The summed E-state index contributed by atoms with van der Waals surface area (Å²) < 4.78 is 0. The Balaban J connectivity index is 1.94. The number of nitrogens with zero attached hydrogens (tertiary/aromatic N) is 2. The van der Waals surface area contributed by atoms with Gasteiger partial charge in [-0.3, -0.25) is 0 Å². The Bertz CT molecular complexity index is 357. The number of anilines is 1. The standard InChI is InChI=1S/C9H11Cl2N3O/c10-6-3-13-9(11)14-8(6)12-4-7(15)5-1-2-5/h3,5,7,15H,1-2,4H2,(H,12,13,14). The van der Waals surface area contributed by atoms with E-state index in [4.69, 9.17) is 23.2 Å². The van der Waals surface area contributed by atoms with Gasteiger partial charge in [0.2, 0.25) is 5.28 Å². The fourth-order valence-corrected chi connectivity index (χ4v) is 1.61. The summed E-state index contributed by atoms with van der Waals surface area (Å²) in [6.45, 7) is 0.442. The molecule has 6 heteroatoms. The average Bonchev–Trinajstić information content (AvgIpc) is 3.02. The van der Waals surface area contributed by atoms with Crippen LogP contribution in [-0.2, 0) is 0 Å². The zero-order valence-corrected chi connectivity index (χ0v) is 9.46. The van der Waals surface area contributed by atoms with E-state index < -0.39 is 0 Å². The van der Waals surface area contributed by atoms with Crippen LogP contribution in [0.2, 0.25) is 10.3 Å². The lowest BCUT2D eigenvalue weighted by Crippen LogP contribution is -2.22. The molecule has 1 fully saturated rings. The zero-order valence-electron chi connectivity index (χ0n) is 7.95. The highest BCUT2D eigenvalue weighted by molar-refractivity contribution is 6.33. The molecular weight excluding hydrogens is 237 g/mol. The summed E-state index contributed by atoms with van der Waals surface area (Å²) in [6.07, 6.45) is 3.29. The molecule has 1 unspecified atom stereocenters. The van der Waals surface area contributed by atoms with Gasteiger partial charge in [-0.25, -0.2) is 4.98 Å². The molecule has 0 spiro atoms. The Hall–Kier alpha value is -0.580. The number of aromatic nitrogens is 2. The molecule has 1 heterocycles. The largest absolute Gasteiger partial charge is 0.391 e. The first-order valence-corrected chi connectivity index (χ1v) is 5.52. The highest BCUT2D eigenvalue weighted by Crippen LogP contribution is 2.32. The molecular formula is C9H11Cl2N3O. The quantitative estimate of drug-likeness (QED) is 0.800. The number of halogens is 2. The van der Waals surface area contributed by atoms with Crippen molar-refractivity contribution in [2.24, 2.45) is 5.92 Å². The van der Waals surface area contributed by atoms with Gasteiger partial charge in [-0.1, -0.05) is 11.6 Å². The van der Waals surface area contributed by atoms with Gasteiger partial charge in [-0.05, 0) is 30.4 Å². The van der Waals surface area contributed by atoms with Gasteiger partial charge in [0, 0.05) is 6.54 Å². The Morgan fingerprint density at radius 2 is 2.27 bits per heavy atom. The Kier molecular flexibility index (Phi) is 3.29. The highest BCUT2D eigenvalue weighted by atomic mass is 35.5. The van der Waals surface area contributed by atoms with Gasteiger partial charge in [0.15, 0.2) is 0 Å². The van der Waals surface area contributed by atoms with Crippen molar-refractivity contribution in [1.29, 1.82) is 0 Å². The van der Waals surface area contributed by atoms with Crippen molar-refractivity contribution in [3.63, 3.8) is 0 Å². The lowest BCUT2D eigenvalue weighted by Gasteiger charge is -2.11. The van der Waals surface area contributed by atoms with Gasteiger partial charge >= 0.3 is 0 Å². The Morgan fingerprint density at radius 1 is 1.53 bits per heavy atom. The highest BCUT2D eigenvalue weighted by Gasteiger charge is 2.29. The van der Waals surface area contributed by atoms with Crippen molar-refractivity contribution >= 4 is 29.0 Å². The Labute approximate surface area is 97.6 Å². The van der Waals surface area contributed by atoms with Crippen molar-refractivity contribution < 1.29 is 5.11 Å². The summed E-state index contributed by atoms with van der Waals surface area (Å²) in [5, 5.41) is 13.1. The molecule has 0 bridgehead atoms. The van der Waals surface area contributed by atoms with Crippen LogP contribution in [-0.4, -0.2) is 27.7 Å². The molecule has 1 saturated carbocycles. The molecule has 2 N–H and O–H groups in total. The van der Waals surface area contributed by atoms with E-state index in [1.807, 2.05) is 0 Å². The predicted molar refractivity (Wildman–Crippen MR) is 59.3 cm³/mol. The summed E-state index contributed by atoms with van der Waals surface area (Å²) in [7, 11) is 0. The van der Waals surface area contributed by atoms with Gasteiger partial charge in [0.1, 0.15) is 10.8 Å². The number of aliphatic hydroxyl groups excluding tert-OH is 1. The fourth-order valence-electron chi connectivity index (χ4n) is 1.32. The van der Waals surface area contributed by atoms with Gasteiger partial charge < -0.3 is 10.4 Å². The van der Waals surface area contributed by atoms with Crippen LogP contribution in [0.1, 0.15) is 12.8 Å². The first kappa shape index (κ1) is 10.9. The third kappa shape index (κ3) is 2.93. The third-order valence-corrected chi connectivity index (χ3v) is 2.82. The topological polar surface area (TPSA) is 58.0 Å². The number of nitrogens with one attached hydrogen (secondary N) is 1. The summed E-state index contributed by atoms with van der Waals surface area (Å²) in [4.78, 5) is 7.66. The molecule has 0 saturated heterocycles. The van der Waals surface area contributed by atoms with Crippen LogP contribution >= 0.6 is 23.2 Å². The second-order valence-electron chi connectivity index (χ2n) is 3.62. The van der Waals surface area contributed by atoms with Crippen LogP contribution in [0.15, 0.2) is 6.20 Å². The Morgan fingerprint density at radius 3 is 2.93 bits per heavy atom. The first-order valence-electron chi connectivity index (χ1n) is 4.77. The summed E-state index contributed by atoms with van der Waals surface area (Å²) in [5.74, 6) is 0.893. The van der Waals surface area contributed by atoms with E-state index in [2.05, 4.69) is 15.3 Å². The lowest BCUT2D eigenvalue weighted by molar-refractivity contribution is 0.164. The summed E-state index contributed by atoms with van der Waals surface area (Å²) >= 11 is 11.5. The average molecular weight is 248 g/mol. The molecule has 0 aliphatic heterocycles. The molecule has 1 aliphatic carbocycles. The van der Waals surface area contributed by atoms with Crippen molar-refractivity contribution in [2.75, 3.05) is 11.9 Å². The van der Waals surface area contributed by atoms with E-state index in [-0.39, 0.29) is 11.4 Å². The molecule has 0 aromatic carbocycles. The van der Waals surface area contributed by atoms with Crippen LogP contribution in [0.4, 0.5) is 5.82 Å². The van der Waals surface area contributed by atoms with Gasteiger partial charge in [-0.2, -0.15) is 4.98 Å². The van der Waals surface area contributed by atoms with E-state index >= 15 is 0 Å². The maximum atomic E-state index is 9.63. The molecule has 1 atom stereocenters. The first-order chi connectivity index (χ1) is 7.16. The number of aliphatic hydroxyl groups is 1. The van der Waals surface area contributed by atoms with Crippen LogP contribution in [0, 0.1) is 5.92 Å². The van der Waals surface area contributed by atoms with E-state index in [9.17, 15) is 5.11 Å². The van der Waals surface area contributed by atoms with Crippen molar-refractivity contribution in [3.8, 4) is 0 Å². The predicted octanol–water partition coefficient (Wildman–Crippen LogP) is 1.97. The van der Waals surface area contributed by atoms with Crippen molar-refractivity contribution in [3.05, 3.63) is 16.5 Å². The second-order valence-corrected chi connectivity index (χ2v) is 4.37. The minimum atomic E-state index is -0.338. The molecule has 1 aromatic heterocycles. The van der Waals surface area contributed by atoms with E-state index in [1.165, 1.54) is 6.20 Å². The summed E-state index contributed by atoms with van der Waals surface area (Å²) in [5.41, 5.74) is 0. The molecule has 82 valence electrons.